The number of nitrogens with zero attached hydrogens (tertiary/aromatic N) is 3. The highest BCUT2D eigenvalue weighted by Gasteiger charge is 2.32. The minimum absolute atomic E-state index is 0.128. The molecule has 0 aliphatic carbocycles. The molecular formula is C31H40N8O6S. The van der Waals surface area contributed by atoms with Crippen molar-refractivity contribution in [2.24, 2.45) is 5.92 Å². The van der Waals surface area contributed by atoms with Gasteiger partial charge in [0.1, 0.15) is 29.9 Å². The van der Waals surface area contributed by atoms with E-state index in [4.69, 9.17) is 0 Å². The first kappa shape index (κ1) is 34.1. The predicted molar refractivity (Wildman–Crippen MR) is 171 cm³/mol. The topological polar surface area (TPSA) is 183 Å². The fourth-order valence-electron chi connectivity index (χ4n) is 4.99. The summed E-state index contributed by atoms with van der Waals surface area (Å²) in [4.78, 5) is 85.5. The zero-order valence-electron chi connectivity index (χ0n) is 26.2. The third-order valence-corrected chi connectivity index (χ3v) is 8.36. The first-order valence-electron chi connectivity index (χ1n) is 15.1. The number of imidazole rings is 1. The molecule has 0 saturated carbocycles. The Morgan fingerprint density at radius 2 is 1.78 bits per heavy atom. The average Bonchev–Trinajstić information content (AvgIpc) is 3.63. The molecule has 14 nitrogen and oxygen atoms in total. The smallest absolute Gasteiger partial charge is 0.272 e. The third kappa shape index (κ3) is 8.90. The van der Waals surface area contributed by atoms with Gasteiger partial charge in [-0.25, -0.2) is 4.98 Å². The number of likely N-dealkylation sites (N-methyl/N-ethyl adjacent to an activating group) is 1. The fourth-order valence-corrected chi connectivity index (χ4v) is 5.69. The minimum Gasteiger partial charge on any atom is -0.355 e. The largest absolute Gasteiger partial charge is 0.355 e. The number of rotatable bonds is 5. The molecule has 6 amide bonds. The summed E-state index contributed by atoms with van der Waals surface area (Å²) in [5.41, 5.74) is 0.929. The number of hydrogen-bond acceptors (Lipinski definition) is 8. The number of thiazole rings is 1. The molecule has 1 aliphatic heterocycles. The van der Waals surface area contributed by atoms with E-state index >= 15 is 0 Å². The van der Waals surface area contributed by atoms with Crippen LogP contribution in [0.25, 0.3) is 4.96 Å². The van der Waals surface area contributed by atoms with Crippen molar-refractivity contribution < 1.29 is 28.8 Å². The van der Waals surface area contributed by atoms with Crippen LogP contribution in [0.1, 0.15) is 49.7 Å². The van der Waals surface area contributed by atoms with Crippen molar-refractivity contribution in [1.29, 1.82) is 0 Å². The van der Waals surface area contributed by atoms with E-state index in [0.717, 1.165) is 5.56 Å². The molecule has 4 atom stereocenters. The van der Waals surface area contributed by atoms with Gasteiger partial charge in [0.05, 0.1) is 6.54 Å². The molecule has 246 valence electrons. The molecule has 1 saturated heterocycles. The van der Waals surface area contributed by atoms with Gasteiger partial charge in [0.2, 0.25) is 29.5 Å². The van der Waals surface area contributed by atoms with Gasteiger partial charge in [-0.3, -0.25) is 33.2 Å². The van der Waals surface area contributed by atoms with Gasteiger partial charge in [-0.15, -0.1) is 11.3 Å². The van der Waals surface area contributed by atoms with Crippen molar-refractivity contribution >= 4 is 51.7 Å². The summed E-state index contributed by atoms with van der Waals surface area (Å²) in [5, 5.41) is 15.4. The van der Waals surface area contributed by atoms with E-state index in [1.807, 2.05) is 35.7 Å². The Kier molecular flexibility index (Phi) is 11.5. The van der Waals surface area contributed by atoms with Crippen molar-refractivity contribution in [3.63, 3.8) is 0 Å². The second-order valence-corrected chi connectivity index (χ2v) is 12.5. The van der Waals surface area contributed by atoms with Gasteiger partial charge >= 0.3 is 0 Å². The lowest BCUT2D eigenvalue weighted by molar-refractivity contribution is -0.139. The van der Waals surface area contributed by atoms with Crippen molar-refractivity contribution in [3.05, 3.63) is 59.4 Å². The molecule has 0 radical (unpaired) electrons. The van der Waals surface area contributed by atoms with Crippen molar-refractivity contribution in [2.45, 2.75) is 64.2 Å². The van der Waals surface area contributed by atoms with Gasteiger partial charge in [-0.2, -0.15) is 0 Å². The molecule has 1 fully saturated rings. The second-order valence-electron chi connectivity index (χ2n) is 11.6. The van der Waals surface area contributed by atoms with E-state index in [1.54, 1.807) is 30.6 Å². The molecule has 4 rings (SSSR count). The summed E-state index contributed by atoms with van der Waals surface area (Å²) in [5.74, 6) is -3.64. The van der Waals surface area contributed by atoms with E-state index in [9.17, 15) is 28.8 Å². The fraction of sp³-hybridized carbons (Fsp3) is 0.452. The van der Waals surface area contributed by atoms with E-state index in [0.29, 0.717) is 11.4 Å². The van der Waals surface area contributed by atoms with E-state index in [2.05, 4.69) is 31.6 Å². The Bertz CT molecular complexity index is 1540. The summed E-state index contributed by atoms with van der Waals surface area (Å²) in [6, 6.07) is 4.98. The molecule has 1 aliphatic rings. The van der Waals surface area contributed by atoms with Crippen molar-refractivity contribution in [1.82, 2.24) is 40.9 Å². The van der Waals surface area contributed by atoms with Crippen LogP contribution in [0.15, 0.2) is 48.1 Å². The Hall–Kier alpha value is -4.79. The van der Waals surface area contributed by atoms with Crippen molar-refractivity contribution in [2.75, 3.05) is 20.1 Å². The van der Waals surface area contributed by atoms with E-state index in [-0.39, 0.29) is 37.5 Å². The molecule has 3 aromatic rings. The van der Waals surface area contributed by atoms with Crippen LogP contribution in [0.2, 0.25) is 0 Å². The monoisotopic (exact) mass is 652 g/mol. The van der Waals surface area contributed by atoms with Gasteiger partial charge in [0.25, 0.3) is 5.91 Å². The normalized spacial score (nSPS) is 22.8. The van der Waals surface area contributed by atoms with Crippen LogP contribution < -0.4 is 26.6 Å². The number of fused-ring (bicyclic) bond motifs is 1. The Balaban J connectivity index is 1.54. The molecule has 1 aromatic carbocycles. The summed E-state index contributed by atoms with van der Waals surface area (Å²) in [7, 11) is 1.47. The molecule has 2 aromatic heterocycles. The lowest BCUT2D eigenvalue weighted by Crippen LogP contribution is -2.59. The van der Waals surface area contributed by atoms with Gasteiger partial charge in [-0.05, 0) is 31.2 Å². The number of aromatic nitrogens is 2. The summed E-state index contributed by atoms with van der Waals surface area (Å²) < 4.78 is 1.70. The maximum atomic E-state index is 13.5. The van der Waals surface area contributed by atoms with Gasteiger partial charge < -0.3 is 31.5 Å². The number of benzene rings is 1. The molecule has 15 heteroatoms. The van der Waals surface area contributed by atoms with Crippen LogP contribution in [0.3, 0.4) is 0 Å². The Morgan fingerprint density at radius 3 is 2.48 bits per heavy atom. The second kappa shape index (κ2) is 15.5. The summed E-state index contributed by atoms with van der Waals surface area (Å²) in [6.45, 7) is 4.86. The lowest BCUT2D eigenvalue weighted by atomic mass is 10.0. The lowest BCUT2D eigenvalue weighted by Gasteiger charge is -2.28. The number of nitrogens with one attached hydrogen (secondary N) is 5. The zero-order chi connectivity index (χ0) is 33.4. The van der Waals surface area contributed by atoms with Crippen LogP contribution in [-0.2, 0) is 30.4 Å². The standard InChI is InChI=1S/C31H40N8O6S/c1-18(2)25-29(44)33-19(3)26(41)35-22(15-20-9-6-5-7-10-20)30(45)38(4)17-24(40)32-12-8-11-21(27(42)37-25)34-28(43)23-16-39-13-14-46-31(39)36-23/h5-7,9-10,13-14,16,18-19,21-22,25H,8,11-12,15,17H2,1-4H3,(H,32,40)(H,33,44)(H,34,43)(H,35,41)(H,37,42)/t19-,21+,22+,25-/m1/s1. The first-order valence-corrected chi connectivity index (χ1v) is 16.0. The average molecular weight is 653 g/mol. The van der Waals surface area contributed by atoms with Crippen LogP contribution >= 0.6 is 11.3 Å². The van der Waals surface area contributed by atoms with E-state index in [1.165, 1.54) is 30.2 Å². The zero-order valence-corrected chi connectivity index (χ0v) is 27.1. The Labute approximate surface area is 270 Å². The quantitative estimate of drug-likeness (QED) is 0.262. The maximum Gasteiger partial charge on any atom is 0.272 e. The molecule has 3 heterocycles. The SMILES string of the molecule is CC(C)[C@H]1NC(=O)[C@@H](NC(=O)c2cn3ccsc3n2)CCCNC(=O)CN(C)C(=O)[C@H](Cc2ccccc2)NC(=O)[C@@H](C)NC1=O. The highest BCUT2D eigenvalue weighted by molar-refractivity contribution is 7.15. The van der Waals surface area contributed by atoms with Crippen LogP contribution in [-0.4, -0.2) is 94.0 Å². The Morgan fingerprint density at radius 1 is 1.04 bits per heavy atom. The van der Waals surface area contributed by atoms with Gasteiger partial charge in [0.15, 0.2) is 4.96 Å². The molecule has 0 bridgehead atoms. The molecule has 0 spiro atoms. The van der Waals surface area contributed by atoms with Gasteiger partial charge in [-0.1, -0.05) is 44.2 Å². The molecule has 46 heavy (non-hydrogen) atoms. The number of carbonyl (C=O) groups is 6. The van der Waals surface area contributed by atoms with Crippen LogP contribution in [0.5, 0.6) is 0 Å². The molecule has 5 N–H and O–H groups in total. The maximum absolute atomic E-state index is 13.5. The first-order chi connectivity index (χ1) is 21.9. The summed E-state index contributed by atoms with van der Waals surface area (Å²) in [6.07, 6.45) is 3.94. The van der Waals surface area contributed by atoms with E-state index < -0.39 is 59.6 Å². The third-order valence-electron chi connectivity index (χ3n) is 7.59. The number of carbonyl (C=O) groups excluding carboxylic acids is 6. The molecular weight excluding hydrogens is 612 g/mol. The summed E-state index contributed by atoms with van der Waals surface area (Å²) >= 11 is 1.36. The predicted octanol–water partition coefficient (Wildman–Crippen LogP) is 0.236. The molecule has 0 unspecified atom stereocenters. The van der Waals surface area contributed by atoms with Gasteiger partial charge in [0, 0.05) is 37.8 Å². The number of hydrogen-bond donors (Lipinski definition) is 5. The van der Waals surface area contributed by atoms with Crippen LogP contribution in [0.4, 0.5) is 0 Å². The minimum atomic E-state index is -1.06. The highest BCUT2D eigenvalue weighted by Crippen LogP contribution is 2.13. The highest BCUT2D eigenvalue weighted by atomic mass is 32.1. The van der Waals surface area contributed by atoms with Crippen LogP contribution in [0, 0.1) is 5.92 Å². The number of amides is 6. The van der Waals surface area contributed by atoms with Crippen molar-refractivity contribution in [3.8, 4) is 0 Å².